The first kappa shape index (κ1) is 11.5. The lowest BCUT2D eigenvalue weighted by atomic mass is 9.89. The van der Waals surface area contributed by atoms with Crippen LogP contribution in [-0.4, -0.2) is 28.0 Å². The lowest BCUT2D eigenvalue weighted by Crippen LogP contribution is -2.32. The smallest absolute Gasteiger partial charge is 0.120 e. The molecule has 1 saturated heterocycles. The third kappa shape index (κ3) is 2.62. The molecular weight excluding hydrogens is 222 g/mol. The molecule has 1 N–H and O–H groups in total. The third-order valence-electron chi connectivity index (χ3n) is 3.79. The second-order valence-corrected chi connectivity index (χ2v) is 5.00. The van der Waals surface area contributed by atoms with E-state index in [1.807, 2.05) is 12.4 Å². The molecule has 1 aliphatic heterocycles. The number of likely N-dealkylation sites (tertiary alicyclic amines) is 1. The van der Waals surface area contributed by atoms with Gasteiger partial charge in [-0.1, -0.05) is 30.3 Å². The minimum Gasteiger partial charge on any atom is -0.348 e. The summed E-state index contributed by atoms with van der Waals surface area (Å²) in [5.74, 6) is 1.81. The molecule has 2 heterocycles. The van der Waals surface area contributed by atoms with Gasteiger partial charge in [-0.25, -0.2) is 4.98 Å². The molecular formula is C15H19N3. The summed E-state index contributed by atoms with van der Waals surface area (Å²) >= 11 is 0. The van der Waals surface area contributed by atoms with E-state index in [9.17, 15) is 0 Å². The standard InChI is InChI=1S/C15H19N3/c1-2-4-13(5-3-1)14-6-10-18(11-7-14)12-15-16-8-9-17-15/h1-5,8-9,14H,6-7,10-12H2,(H,16,17). The lowest BCUT2D eigenvalue weighted by molar-refractivity contribution is 0.200. The van der Waals surface area contributed by atoms with Gasteiger partial charge in [-0.15, -0.1) is 0 Å². The molecule has 0 unspecified atom stereocenters. The Kier molecular flexibility index (Phi) is 3.42. The highest BCUT2D eigenvalue weighted by Crippen LogP contribution is 2.27. The minimum absolute atomic E-state index is 0.735. The van der Waals surface area contributed by atoms with Crippen molar-refractivity contribution < 1.29 is 0 Å². The molecule has 0 spiro atoms. The van der Waals surface area contributed by atoms with E-state index in [1.54, 1.807) is 0 Å². The SMILES string of the molecule is c1ccc(C2CCN(Cc3ncc[nH]3)CC2)cc1. The van der Waals surface area contributed by atoms with Crippen LogP contribution in [0.5, 0.6) is 0 Å². The van der Waals surface area contributed by atoms with E-state index in [0.29, 0.717) is 0 Å². The second kappa shape index (κ2) is 5.36. The maximum Gasteiger partial charge on any atom is 0.120 e. The highest BCUT2D eigenvalue weighted by atomic mass is 15.1. The van der Waals surface area contributed by atoms with Crippen molar-refractivity contribution >= 4 is 0 Å². The zero-order valence-electron chi connectivity index (χ0n) is 10.5. The number of imidazole rings is 1. The summed E-state index contributed by atoms with van der Waals surface area (Å²) in [6.07, 6.45) is 6.23. The van der Waals surface area contributed by atoms with Crippen LogP contribution in [0.25, 0.3) is 0 Å². The molecule has 3 rings (SSSR count). The van der Waals surface area contributed by atoms with Crippen molar-refractivity contribution in [1.29, 1.82) is 0 Å². The quantitative estimate of drug-likeness (QED) is 0.896. The van der Waals surface area contributed by atoms with E-state index < -0.39 is 0 Å². The summed E-state index contributed by atoms with van der Waals surface area (Å²) < 4.78 is 0. The molecule has 0 bridgehead atoms. The normalized spacial score (nSPS) is 18.0. The fraction of sp³-hybridized carbons (Fsp3) is 0.400. The van der Waals surface area contributed by atoms with E-state index in [2.05, 4.69) is 45.2 Å². The average Bonchev–Trinajstić information content (AvgIpc) is 2.94. The zero-order chi connectivity index (χ0) is 12.2. The predicted molar refractivity (Wildman–Crippen MR) is 72.3 cm³/mol. The van der Waals surface area contributed by atoms with Gasteiger partial charge in [-0.2, -0.15) is 0 Å². The number of aromatic amines is 1. The van der Waals surface area contributed by atoms with Gasteiger partial charge in [0.2, 0.25) is 0 Å². The molecule has 94 valence electrons. The molecule has 0 atom stereocenters. The van der Waals surface area contributed by atoms with Gasteiger partial charge in [-0.05, 0) is 37.4 Å². The summed E-state index contributed by atoms with van der Waals surface area (Å²) in [4.78, 5) is 9.95. The number of aromatic nitrogens is 2. The zero-order valence-corrected chi connectivity index (χ0v) is 10.5. The highest BCUT2D eigenvalue weighted by Gasteiger charge is 2.20. The van der Waals surface area contributed by atoms with Crippen molar-refractivity contribution in [2.45, 2.75) is 25.3 Å². The lowest BCUT2D eigenvalue weighted by Gasteiger charge is -2.31. The van der Waals surface area contributed by atoms with E-state index in [0.717, 1.165) is 18.3 Å². The molecule has 0 aliphatic carbocycles. The van der Waals surface area contributed by atoms with Crippen LogP contribution in [0.1, 0.15) is 30.1 Å². The Morgan fingerprint density at radius 2 is 1.94 bits per heavy atom. The van der Waals surface area contributed by atoms with Crippen LogP contribution in [0.3, 0.4) is 0 Å². The van der Waals surface area contributed by atoms with Crippen molar-refractivity contribution in [3.05, 3.63) is 54.1 Å². The van der Waals surface area contributed by atoms with Gasteiger partial charge in [0.05, 0.1) is 6.54 Å². The van der Waals surface area contributed by atoms with Gasteiger partial charge < -0.3 is 4.98 Å². The predicted octanol–water partition coefficient (Wildman–Crippen LogP) is 2.79. The minimum atomic E-state index is 0.735. The third-order valence-corrected chi connectivity index (χ3v) is 3.79. The Labute approximate surface area is 108 Å². The summed E-state index contributed by atoms with van der Waals surface area (Å²) in [6, 6.07) is 10.9. The van der Waals surface area contributed by atoms with Gasteiger partial charge in [0, 0.05) is 12.4 Å². The molecule has 0 saturated carbocycles. The Morgan fingerprint density at radius 1 is 1.17 bits per heavy atom. The van der Waals surface area contributed by atoms with Gasteiger partial charge in [0.1, 0.15) is 5.82 Å². The van der Waals surface area contributed by atoms with E-state index in [1.165, 1.54) is 31.5 Å². The molecule has 3 heteroatoms. The van der Waals surface area contributed by atoms with E-state index >= 15 is 0 Å². The average molecular weight is 241 g/mol. The summed E-state index contributed by atoms with van der Waals surface area (Å²) in [5.41, 5.74) is 1.50. The molecule has 1 aromatic carbocycles. The fourth-order valence-electron chi connectivity index (χ4n) is 2.75. The van der Waals surface area contributed by atoms with Crippen LogP contribution in [-0.2, 0) is 6.54 Å². The van der Waals surface area contributed by atoms with Crippen LogP contribution in [0.2, 0.25) is 0 Å². The summed E-state index contributed by atoms with van der Waals surface area (Å²) in [7, 11) is 0. The van der Waals surface area contributed by atoms with E-state index in [4.69, 9.17) is 0 Å². The first-order valence-electron chi connectivity index (χ1n) is 6.67. The van der Waals surface area contributed by atoms with Gasteiger partial charge >= 0.3 is 0 Å². The first-order chi connectivity index (χ1) is 8.92. The van der Waals surface area contributed by atoms with E-state index in [-0.39, 0.29) is 0 Å². The maximum absolute atomic E-state index is 4.29. The summed E-state index contributed by atoms with van der Waals surface area (Å²) in [5, 5.41) is 0. The number of nitrogens with zero attached hydrogens (tertiary/aromatic N) is 2. The molecule has 1 aromatic heterocycles. The van der Waals surface area contributed by atoms with Crippen LogP contribution >= 0.6 is 0 Å². The van der Waals surface area contributed by atoms with Gasteiger partial charge in [0.25, 0.3) is 0 Å². The number of nitrogens with one attached hydrogen (secondary N) is 1. The number of piperidine rings is 1. The van der Waals surface area contributed by atoms with Crippen molar-refractivity contribution in [2.75, 3.05) is 13.1 Å². The van der Waals surface area contributed by atoms with Crippen LogP contribution in [0, 0.1) is 0 Å². The Bertz CT molecular complexity index is 456. The van der Waals surface area contributed by atoms with Crippen LogP contribution in [0.4, 0.5) is 0 Å². The van der Waals surface area contributed by atoms with Crippen molar-refractivity contribution in [3.8, 4) is 0 Å². The molecule has 2 aromatic rings. The Morgan fingerprint density at radius 3 is 2.61 bits per heavy atom. The Hall–Kier alpha value is -1.61. The molecule has 3 nitrogen and oxygen atoms in total. The maximum atomic E-state index is 4.29. The topological polar surface area (TPSA) is 31.9 Å². The number of hydrogen-bond donors (Lipinski definition) is 1. The van der Waals surface area contributed by atoms with Crippen LogP contribution < -0.4 is 0 Å². The Balaban J connectivity index is 1.55. The fourth-order valence-corrected chi connectivity index (χ4v) is 2.75. The molecule has 1 aliphatic rings. The molecule has 0 radical (unpaired) electrons. The highest BCUT2D eigenvalue weighted by molar-refractivity contribution is 5.20. The first-order valence-corrected chi connectivity index (χ1v) is 6.67. The largest absolute Gasteiger partial charge is 0.348 e. The van der Waals surface area contributed by atoms with Crippen molar-refractivity contribution in [3.63, 3.8) is 0 Å². The number of benzene rings is 1. The number of rotatable bonds is 3. The molecule has 1 fully saturated rings. The van der Waals surface area contributed by atoms with Gasteiger partial charge in [-0.3, -0.25) is 4.90 Å². The second-order valence-electron chi connectivity index (χ2n) is 5.00. The number of hydrogen-bond acceptors (Lipinski definition) is 2. The van der Waals surface area contributed by atoms with Crippen molar-refractivity contribution in [1.82, 2.24) is 14.9 Å². The number of H-pyrrole nitrogens is 1. The molecule has 18 heavy (non-hydrogen) atoms. The van der Waals surface area contributed by atoms with Crippen LogP contribution in [0.15, 0.2) is 42.7 Å². The summed E-state index contributed by atoms with van der Waals surface area (Å²) in [6.45, 7) is 3.29. The monoisotopic (exact) mass is 241 g/mol. The molecule has 0 amide bonds. The van der Waals surface area contributed by atoms with Gasteiger partial charge in [0.15, 0.2) is 0 Å². The van der Waals surface area contributed by atoms with Crippen molar-refractivity contribution in [2.24, 2.45) is 0 Å².